The van der Waals surface area contributed by atoms with Crippen molar-refractivity contribution in [1.82, 2.24) is 5.32 Å². The Hall–Kier alpha value is -1.71. The molecular weight excluding hydrogens is 264 g/mol. The second-order valence-electron chi connectivity index (χ2n) is 5.70. The predicted octanol–water partition coefficient (Wildman–Crippen LogP) is 3.57. The molecule has 2 N–H and O–H groups in total. The summed E-state index contributed by atoms with van der Waals surface area (Å²) in [6.07, 6.45) is 4.86. The molecular formula is C17H26N2O2. The van der Waals surface area contributed by atoms with Crippen molar-refractivity contribution in [1.29, 1.82) is 0 Å². The van der Waals surface area contributed by atoms with Crippen molar-refractivity contribution < 1.29 is 9.90 Å². The van der Waals surface area contributed by atoms with Gasteiger partial charge in [0.2, 0.25) is 0 Å². The molecule has 1 amide bonds. The minimum atomic E-state index is -0.960. The number of nitrogens with zero attached hydrogens (tertiary/aromatic N) is 1. The van der Waals surface area contributed by atoms with Crippen LogP contribution in [-0.4, -0.2) is 24.3 Å². The maximum Gasteiger partial charge on any atom is 0.404 e. The van der Waals surface area contributed by atoms with Crippen LogP contribution in [0.5, 0.6) is 0 Å². The van der Waals surface area contributed by atoms with Gasteiger partial charge in [-0.25, -0.2) is 4.79 Å². The molecule has 4 nitrogen and oxygen atoms in total. The van der Waals surface area contributed by atoms with E-state index in [2.05, 4.69) is 36.2 Å². The summed E-state index contributed by atoms with van der Waals surface area (Å²) in [6, 6.07) is 4.50. The highest BCUT2D eigenvalue weighted by molar-refractivity contribution is 5.66. The Morgan fingerprint density at radius 2 is 2.00 bits per heavy atom. The number of hydrogen-bond acceptors (Lipinski definition) is 2. The van der Waals surface area contributed by atoms with Crippen LogP contribution >= 0.6 is 0 Å². The SMILES string of the molecule is CCCCN(CC)c1cc2c(cc1CNC(=O)O)CCC2. The summed E-state index contributed by atoms with van der Waals surface area (Å²) in [6.45, 7) is 6.74. The highest BCUT2D eigenvalue weighted by Gasteiger charge is 2.17. The molecule has 0 bridgehead atoms. The van der Waals surface area contributed by atoms with Crippen LogP contribution in [0.15, 0.2) is 12.1 Å². The summed E-state index contributed by atoms with van der Waals surface area (Å²) in [5, 5.41) is 11.4. The molecule has 1 aromatic carbocycles. The topological polar surface area (TPSA) is 52.6 Å². The van der Waals surface area contributed by atoms with Gasteiger partial charge in [0.25, 0.3) is 0 Å². The van der Waals surface area contributed by atoms with E-state index in [1.54, 1.807) is 0 Å². The van der Waals surface area contributed by atoms with Crippen molar-refractivity contribution in [3.05, 3.63) is 28.8 Å². The van der Waals surface area contributed by atoms with Crippen molar-refractivity contribution in [3.8, 4) is 0 Å². The number of unbranched alkanes of at least 4 members (excludes halogenated alkanes) is 1. The smallest absolute Gasteiger partial charge is 0.404 e. The number of amides is 1. The van der Waals surface area contributed by atoms with E-state index in [0.717, 1.165) is 37.9 Å². The Morgan fingerprint density at radius 3 is 2.62 bits per heavy atom. The maximum absolute atomic E-state index is 10.8. The molecule has 1 aliphatic carbocycles. The molecule has 0 fully saturated rings. The molecule has 0 aliphatic heterocycles. The van der Waals surface area contributed by atoms with Gasteiger partial charge in [-0.3, -0.25) is 0 Å². The number of nitrogens with one attached hydrogen (secondary N) is 1. The van der Waals surface area contributed by atoms with Gasteiger partial charge in [-0.15, -0.1) is 0 Å². The lowest BCUT2D eigenvalue weighted by atomic mass is 10.0. The lowest BCUT2D eigenvalue weighted by molar-refractivity contribution is 0.194. The van der Waals surface area contributed by atoms with Crippen molar-refractivity contribution in [2.75, 3.05) is 18.0 Å². The Bertz CT molecular complexity index is 500. The van der Waals surface area contributed by atoms with E-state index in [4.69, 9.17) is 5.11 Å². The standard InChI is InChI=1S/C17H26N2O2/c1-3-5-9-19(4-2)16-11-14-8-6-7-13(14)10-15(16)12-18-17(20)21/h10-11,18H,3-9,12H2,1-2H3,(H,20,21). The Kier molecular flexibility index (Phi) is 5.48. The molecule has 1 aliphatic rings. The fourth-order valence-corrected chi connectivity index (χ4v) is 3.07. The van der Waals surface area contributed by atoms with Gasteiger partial charge < -0.3 is 15.3 Å². The number of aryl methyl sites for hydroxylation is 2. The van der Waals surface area contributed by atoms with Crippen molar-refractivity contribution in [2.24, 2.45) is 0 Å². The zero-order valence-corrected chi connectivity index (χ0v) is 13.1. The third-order valence-corrected chi connectivity index (χ3v) is 4.23. The lowest BCUT2D eigenvalue weighted by Crippen LogP contribution is -2.27. The van der Waals surface area contributed by atoms with Crippen LogP contribution in [0.3, 0.4) is 0 Å². The Balaban J connectivity index is 2.28. The van der Waals surface area contributed by atoms with Crippen LogP contribution in [0.2, 0.25) is 0 Å². The second-order valence-corrected chi connectivity index (χ2v) is 5.70. The average molecular weight is 290 g/mol. The zero-order valence-electron chi connectivity index (χ0n) is 13.1. The molecule has 0 saturated heterocycles. The number of benzene rings is 1. The molecule has 0 heterocycles. The normalized spacial score (nSPS) is 13.0. The number of hydrogen-bond donors (Lipinski definition) is 2. The molecule has 0 spiro atoms. The van der Waals surface area contributed by atoms with Gasteiger partial charge >= 0.3 is 6.09 Å². The first-order chi connectivity index (χ1) is 10.2. The average Bonchev–Trinajstić information content (AvgIpc) is 2.92. The van der Waals surface area contributed by atoms with E-state index < -0.39 is 6.09 Å². The number of rotatable bonds is 7. The quantitative estimate of drug-likeness (QED) is 0.807. The van der Waals surface area contributed by atoms with E-state index in [0.29, 0.717) is 6.54 Å². The van der Waals surface area contributed by atoms with E-state index in [1.807, 2.05) is 0 Å². The summed E-state index contributed by atoms with van der Waals surface area (Å²) in [5.74, 6) is 0. The van der Waals surface area contributed by atoms with Gasteiger partial charge in [0.15, 0.2) is 0 Å². The van der Waals surface area contributed by atoms with E-state index in [1.165, 1.54) is 29.7 Å². The van der Waals surface area contributed by atoms with Crippen molar-refractivity contribution >= 4 is 11.8 Å². The second kappa shape index (κ2) is 7.34. The van der Waals surface area contributed by atoms with Gasteiger partial charge in [0.05, 0.1) is 0 Å². The molecule has 0 unspecified atom stereocenters. The van der Waals surface area contributed by atoms with E-state index in [-0.39, 0.29) is 0 Å². The van der Waals surface area contributed by atoms with Crippen LogP contribution in [-0.2, 0) is 19.4 Å². The largest absolute Gasteiger partial charge is 0.465 e. The minimum Gasteiger partial charge on any atom is -0.465 e. The monoisotopic (exact) mass is 290 g/mol. The van der Waals surface area contributed by atoms with Crippen LogP contribution in [0, 0.1) is 0 Å². The first kappa shape index (κ1) is 15.7. The molecule has 2 rings (SSSR count). The Morgan fingerprint density at radius 1 is 1.29 bits per heavy atom. The first-order valence-corrected chi connectivity index (χ1v) is 8.02. The van der Waals surface area contributed by atoms with Gasteiger partial charge in [-0.2, -0.15) is 0 Å². The van der Waals surface area contributed by atoms with E-state index in [9.17, 15) is 4.79 Å². The van der Waals surface area contributed by atoms with Gasteiger partial charge in [0.1, 0.15) is 0 Å². The molecule has 0 radical (unpaired) electrons. The molecule has 0 aromatic heterocycles. The van der Waals surface area contributed by atoms with Crippen molar-refractivity contribution in [2.45, 2.75) is 52.5 Å². The highest BCUT2D eigenvalue weighted by atomic mass is 16.4. The number of carboxylic acid groups (broad SMARTS) is 1. The summed E-state index contributed by atoms with van der Waals surface area (Å²) in [5.41, 5.74) is 5.16. The molecule has 0 saturated carbocycles. The summed E-state index contributed by atoms with van der Waals surface area (Å²) < 4.78 is 0. The molecule has 21 heavy (non-hydrogen) atoms. The molecule has 4 heteroatoms. The van der Waals surface area contributed by atoms with Crippen LogP contribution in [0.25, 0.3) is 0 Å². The van der Waals surface area contributed by atoms with Crippen molar-refractivity contribution in [3.63, 3.8) is 0 Å². The number of fused-ring (bicyclic) bond motifs is 1. The molecule has 116 valence electrons. The van der Waals surface area contributed by atoms with Gasteiger partial charge in [0, 0.05) is 25.3 Å². The summed E-state index contributed by atoms with van der Waals surface area (Å²) in [4.78, 5) is 13.2. The third-order valence-electron chi connectivity index (χ3n) is 4.23. The third kappa shape index (κ3) is 3.90. The van der Waals surface area contributed by atoms with Gasteiger partial charge in [-0.05, 0) is 55.4 Å². The minimum absolute atomic E-state index is 0.389. The lowest BCUT2D eigenvalue weighted by Gasteiger charge is -2.27. The summed E-state index contributed by atoms with van der Waals surface area (Å²) in [7, 11) is 0. The Labute approximate surface area is 127 Å². The number of carbonyl (C=O) groups is 1. The fraction of sp³-hybridized carbons (Fsp3) is 0.588. The van der Waals surface area contributed by atoms with Crippen LogP contribution in [0.4, 0.5) is 10.5 Å². The number of anilines is 1. The first-order valence-electron chi connectivity index (χ1n) is 8.02. The summed E-state index contributed by atoms with van der Waals surface area (Å²) >= 11 is 0. The highest BCUT2D eigenvalue weighted by Crippen LogP contribution is 2.31. The van der Waals surface area contributed by atoms with E-state index >= 15 is 0 Å². The zero-order chi connectivity index (χ0) is 15.2. The van der Waals surface area contributed by atoms with Crippen LogP contribution < -0.4 is 10.2 Å². The fourth-order valence-electron chi connectivity index (χ4n) is 3.07. The molecule has 0 atom stereocenters. The van der Waals surface area contributed by atoms with Crippen LogP contribution in [0.1, 0.15) is 49.8 Å². The maximum atomic E-state index is 10.8. The van der Waals surface area contributed by atoms with Gasteiger partial charge in [-0.1, -0.05) is 19.4 Å². The predicted molar refractivity (Wildman–Crippen MR) is 86.1 cm³/mol. The molecule has 1 aromatic rings.